The van der Waals surface area contributed by atoms with Crippen molar-refractivity contribution in [3.05, 3.63) is 71.3 Å². The fourth-order valence-corrected chi connectivity index (χ4v) is 5.82. The topological polar surface area (TPSA) is 58.7 Å². The van der Waals surface area contributed by atoms with Crippen LogP contribution >= 0.6 is 11.8 Å². The number of carbonyl (C=O) groups is 1. The highest BCUT2D eigenvalue weighted by atomic mass is 32.2. The van der Waals surface area contributed by atoms with E-state index in [9.17, 15) is 4.79 Å². The van der Waals surface area contributed by atoms with Crippen molar-refractivity contribution < 1.29 is 4.79 Å². The molecular weight excluding hydrogens is 342 g/mol. The quantitative estimate of drug-likeness (QED) is 0.902. The molecule has 1 amide bonds. The molecule has 1 aliphatic carbocycles. The molecule has 2 aromatic rings. The van der Waals surface area contributed by atoms with Gasteiger partial charge in [-0.05, 0) is 42.9 Å². The number of thioether (sulfide) groups is 1. The van der Waals surface area contributed by atoms with E-state index in [-0.39, 0.29) is 11.8 Å². The number of hydrogen-bond acceptors (Lipinski definition) is 4. The van der Waals surface area contributed by atoms with Crippen molar-refractivity contribution in [1.82, 2.24) is 5.01 Å². The Morgan fingerprint density at radius 2 is 1.96 bits per heavy atom. The maximum Gasteiger partial charge on any atom is 0.241 e. The van der Waals surface area contributed by atoms with Crippen molar-refractivity contribution >= 4 is 22.7 Å². The van der Waals surface area contributed by atoms with Crippen LogP contribution in [0.1, 0.15) is 36.5 Å². The highest BCUT2D eigenvalue weighted by Crippen LogP contribution is 2.57. The van der Waals surface area contributed by atoms with Gasteiger partial charge in [0.15, 0.2) is 0 Å². The third kappa shape index (κ3) is 2.66. The molecule has 2 atom stereocenters. The smallest absolute Gasteiger partial charge is 0.241 e. The van der Waals surface area contributed by atoms with E-state index in [0.29, 0.717) is 6.54 Å². The molecule has 1 aliphatic heterocycles. The second kappa shape index (κ2) is 6.89. The first-order valence-electron chi connectivity index (χ1n) is 9.09. The van der Waals surface area contributed by atoms with Crippen LogP contribution in [0.3, 0.4) is 0 Å². The summed E-state index contributed by atoms with van der Waals surface area (Å²) in [6.45, 7) is 2.22. The standard InChI is InChI=1S/C21H23N3OS/c1-15(25)24-21(26-20(23-24)17-8-3-2-4-9-17)18(13-14-22)12-11-16-7-5-6-10-19(16)21/h2-10,18H,11-14,22H2,1H3/t18-,21-/m0/s1. The van der Waals surface area contributed by atoms with E-state index < -0.39 is 4.87 Å². The van der Waals surface area contributed by atoms with E-state index in [1.54, 1.807) is 23.7 Å². The fraction of sp³-hybridized carbons (Fsp3) is 0.333. The van der Waals surface area contributed by atoms with Gasteiger partial charge in [0.2, 0.25) is 5.91 Å². The van der Waals surface area contributed by atoms with Gasteiger partial charge in [0.1, 0.15) is 9.91 Å². The summed E-state index contributed by atoms with van der Waals surface area (Å²) in [4.78, 5) is 12.1. The number of carbonyl (C=O) groups excluding carboxylic acids is 1. The second-order valence-corrected chi connectivity index (χ2v) is 8.08. The lowest BCUT2D eigenvalue weighted by Gasteiger charge is -2.45. The molecule has 1 heterocycles. The molecule has 0 radical (unpaired) electrons. The zero-order chi connectivity index (χ0) is 18.1. The number of hydrazone groups is 1. The minimum absolute atomic E-state index is 0.0258. The van der Waals surface area contributed by atoms with Crippen molar-refractivity contribution in [3.8, 4) is 0 Å². The number of nitrogens with zero attached hydrogens (tertiary/aromatic N) is 2. The number of hydrogen-bond donors (Lipinski definition) is 1. The van der Waals surface area contributed by atoms with Crippen LogP contribution in [-0.4, -0.2) is 22.5 Å². The third-order valence-corrected chi connectivity index (χ3v) is 6.86. The average Bonchev–Trinajstić information content (AvgIpc) is 3.07. The largest absolute Gasteiger partial charge is 0.330 e. The first-order valence-corrected chi connectivity index (χ1v) is 9.90. The van der Waals surface area contributed by atoms with Crippen molar-refractivity contribution in [2.24, 2.45) is 16.8 Å². The van der Waals surface area contributed by atoms with Crippen LogP contribution < -0.4 is 5.73 Å². The van der Waals surface area contributed by atoms with Gasteiger partial charge >= 0.3 is 0 Å². The van der Waals surface area contributed by atoms with Crippen LogP contribution in [0.25, 0.3) is 0 Å². The number of rotatable bonds is 3. The Balaban J connectivity index is 1.87. The van der Waals surface area contributed by atoms with E-state index in [0.717, 1.165) is 29.9 Å². The van der Waals surface area contributed by atoms with Gasteiger partial charge in [0.25, 0.3) is 0 Å². The van der Waals surface area contributed by atoms with Crippen LogP contribution in [-0.2, 0) is 16.1 Å². The van der Waals surface area contributed by atoms with Gasteiger partial charge in [0, 0.05) is 12.5 Å². The van der Waals surface area contributed by atoms with Crippen LogP contribution in [0.15, 0.2) is 59.7 Å². The van der Waals surface area contributed by atoms with E-state index in [4.69, 9.17) is 10.8 Å². The summed E-state index contributed by atoms with van der Waals surface area (Å²) in [5.74, 6) is 0.253. The third-order valence-electron chi connectivity index (χ3n) is 5.31. The van der Waals surface area contributed by atoms with E-state index in [2.05, 4.69) is 36.4 Å². The van der Waals surface area contributed by atoms with Gasteiger partial charge in [-0.25, -0.2) is 5.01 Å². The summed E-state index contributed by atoms with van der Waals surface area (Å²) in [6, 6.07) is 18.6. The van der Waals surface area contributed by atoms with E-state index in [1.165, 1.54) is 11.1 Å². The van der Waals surface area contributed by atoms with Gasteiger partial charge in [-0.1, -0.05) is 66.4 Å². The zero-order valence-corrected chi connectivity index (χ0v) is 15.7. The molecule has 4 nitrogen and oxygen atoms in total. The molecule has 1 spiro atoms. The molecule has 26 heavy (non-hydrogen) atoms. The molecule has 0 aromatic heterocycles. The Hall–Kier alpha value is -2.11. The summed E-state index contributed by atoms with van der Waals surface area (Å²) in [5, 5.41) is 7.41. The summed E-state index contributed by atoms with van der Waals surface area (Å²) in [7, 11) is 0. The lowest BCUT2D eigenvalue weighted by Crippen LogP contribution is -2.49. The molecular formula is C21H23N3OS. The molecule has 5 heteroatoms. The van der Waals surface area contributed by atoms with Gasteiger partial charge in [-0.15, -0.1) is 0 Å². The Labute approximate surface area is 158 Å². The molecule has 0 bridgehead atoms. The zero-order valence-electron chi connectivity index (χ0n) is 14.9. The molecule has 0 saturated heterocycles. The first-order chi connectivity index (χ1) is 12.7. The van der Waals surface area contributed by atoms with Gasteiger partial charge < -0.3 is 5.73 Å². The minimum Gasteiger partial charge on any atom is -0.330 e. The van der Waals surface area contributed by atoms with Crippen molar-refractivity contribution in [3.63, 3.8) is 0 Å². The Bertz CT molecular complexity index is 851. The van der Waals surface area contributed by atoms with Crippen molar-refractivity contribution in [2.45, 2.75) is 31.1 Å². The molecule has 0 unspecified atom stereocenters. The first kappa shape index (κ1) is 17.3. The van der Waals surface area contributed by atoms with E-state index in [1.807, 2.05) is 18.2 Å². The number of fused-ring (bicyclic) bond motifs is 2. The molecule has 0 saturated carbocycles. The predicted octanol–water partition coefficient (Wildman–Crippen LogP) is 3.71. The van der Waals surface area contributed by atoms with Crippen molar-refractivity contribution in [1.29, 1.82) is 0 Å². The van der Waals surface area contributed by atoms with Crippen molar-refractivity contribution in [2.75, 3.05) is 6.54 Å². The summed E-state index contributed by atoms with van der Waals surface area (Å²) in [6.07, 6.45) is 2.92. The van der Waals surface area contributed by atoms with Gasteiger partial charge in [-0.2, -0.15) is 5.10 Å². The van der Waals surface area contributed by atoms with Crippen LogP contribution in [0.4, 0.5) is 0 Å². The summed E-state index contributed by atoms with van der Waals surface area (Å²) < 4.78 is 0. The predicted molar refractivity (Wildman–Crippen MR) is 107 cm³/mol. The number of amides is 1. The number of aryl methyl sites for hydroxylation is 1. The highest BCUT2D eigenvalue weighted by molar-refractivity contribution is 8.15. The van der Waals surface area contributed by atoms with E-state index >= 15 is 0 Å². The summed E-state index contributed by atoms with van der Waals surface area (Å²) in [5.41, 5.74) is 9.52. The molecule has 0 fully saturated rings. The monoisotopic (exact) mass is 365 g/mol. The SMILES string of the molecule is CC(=O)N1N=C(c2ccccc2)S[C@@]12c1ccccc1CC[C@H]2CCN. The minimum atomic E-state index is -0.495. The van der Waals surface area contributed by atoms with Gasteiger partial charge in [-0.3, -0.25) is 4.79 Å². The molecule has 4 rings (SSSR count). The normalized spacial score (nSPS) is 24.5. The lowest BCUT2D eigenvalue weighted by molar-refractivity contribution is -0.134. The highest BCUT2D eigenvalue weighted by Gasteiger charge is 2.54. The molecule has 134 valence electrons. The van der Waals surface area contributed by atoms with Crippen LogP contribution in [0.5, 0.6) is 0 Å². The molecule has 2 aliphatic rings. The lowest BCUT2D eigenvalue weighted by atomic mass is 9.77. The van der Waals surface area contributed by atoms with Crippen LogP contribution in [0, 0.1) is 5.92 Å². The maximum absolute atomic E-state index is 12.6. The summed E-state index contributed by atoms with van der Waals surface area (Å²) >= 11 is 1.71. The maximum atomic E-state index is 12.6. The fourth-order valence-electron chi connectivity index (χ4n) is 4.18. The molecule has 2 N–H and O–H groups in total. The Morgan fingerprint density at radius 1 is 1.23 bits per heavy atom. The number of benzene rings is 2. The second-order valence-electron chi connectivity index (χ2n) is 6.87. The number of nitrogens with two attached hydrogens (primary N) is 1. The average molecular weight is 366 g/mol. The van der Waals surface area contributed by atoms with Gasteiger partial charge in [0.05, 0.1) is 0 Å². The van der Waals surface area contributed by atoms with Crippen LogP contribution in [0.2, 0.25) is 0 Å². The Morgan fingerprint density at radius 3 is 2.69 bits per heavy atom. The molecule has 2 aromatic carbocycles. The Kier molecular flexibility index (Phi) is 4.59.